The number of carbonyl (C=O) groups excluding carboxylic acids is 1. The van der Waals surface area contributed by atoms with Crippen LogP contribution >= 0.6 is 27.3 Å². The fraction of sp³-hybridized carbons (Fsp3) is 0.312. The molecule has 0 saturated carbocycles. The van der Waals surface area contributed by atoms with E-state index in [-0.39, 0.29) is 5.91 Å². The van der Waals surface area contributed by atoms with E-state index in [0.29, 0.717) is 11.4 Å². The zero-order valence-corrected chi connectivity index (χ0v) is 14.0. The summed E-state index contributed by atoms with van der Waals surface area (Å²) in [6.45, 7) is 0. The molecule has 1 aromatic heterocycles. The molecule has 0 spiro atoms. The number of benzene rings is 1. The Kier molecular flexibility index (Phi) is 4.31. The van der Waals surface area contributed by atoms with Gasteiger partial charge >= 0.3 is 0 Å². The largest absolute Gasteiger partial charge is 0.397 e. The van der Waals surface area contributed by atoms with Crippen LogP contribution < -0.4 is 11.1 Å². The van der Waals surface area contributed by atoms with Crippen molar-refractivity contribution in [1.82, 2.24) is 0 Å². The minimum Gasteiger partial charge on any atom is -0.397 e. The van der Waals surface area contributed by atoms with E-state index in [1.807, 2.05) is 12.1 Å². The fourth-order valence-electron chi connectivity index (χ4n) is 2.61. The summed E-state index contributed by atoms with van der Waals surface area (Å²) in [5, 5.41) is 2.90. The van der Waals surface area contributed by atoms with Gasteiger partial charge < -0.3 is 11.1 Å². The standard InChI is InChI=1S/C16H17BrN2OS/c17-11-6-7-13(12(18)9-11)19-16(20)15-8-10-4-2-1-3-5-14(10)21-15/h6-9H,1-5,18H2,(H,19,20). The number of fused-ring (bicyclic) bond motifs is 1. The molecule has 3 nitrogen and oxygen atoms in total. The summed E-state index contributed by atoms with van der Waals surface area (Å²) in [6, 6.07) is 7.53. The Morgan fingerprint density at radius 2 is 2.00 bits per heavy atom. The number of carbonyl (C=O) groups is 1. The van der Waals surface area contributed by atoms with Crippen molar-refractivity contribution in [1.29, 1.82) is 0 Å². The summed E-state index contributed by atoms with van der Waals surface area (Å²) < 4.78 is 0.904. The minimum absolute atomic E-state index is 0.0675. The molecule has 110 valence electrons. The average Bonchev–Trinajstić information content (AvgIpc) is 2.73. The van der Waals surface area contributed by atoms with Crippen LogP contribution in [0.5, 0.6) is 0 Å². The lowest BCUT2D eigenvalue weighted by Gasteiger charge is -2.07. The maximum Gasteiger partial charge on any atom is 0.265 e. The highest BCUT2D eigenvalue weighted by molar-refractivity contribution is 9.10. The van der Waals surface area contributed by atoms with Gasteiger partial charge in [-0.05, 0) is 55.5 Å². The molecular weight excluding hydrogens is 348 g/mol. The first-order chi connectivity index (χ1) is 10.1. The van der Waals surface area contributed by atoms with Gasteiger partial charge in [-0.25, -0.2) is 0 Å². The first-order valence-corrected chi connectivity index (χ1v) is 8.72. The maximum absolute atomic E-state index is 12.4. The van der Waals surface area contributed by atoms with Gasteiger partial charge in [0.2, 0.25) is 0 Å². The van der Waals surface area contributed by atoms with Crippen LogP contribution in [-0.2, 0) is 12.8 Å². The molecule has 1 aliphatic rings. The number of hydrogen-bond donors (Lipinski definition) is 2. The molecule has 1 aliphatic carbocycles. The zero-order chi connectivity index (χ0) is 14.8. The number of rotatable bonds is 2. The van der Waals surface area contributed by atoms with E-state index >= 15 is 0 Å². The van der Waals surface area contributed by atoms with Crippen molar-refractivity contribution in [3.8, 4) is 0 Å². The lowest BCUT2D eigenvalue weighted by atomic mass is 10.1. The molecule has 0 bridgehead atoms. The topological polar surface area (TPSA) is 55.1 Å². The van der Waals surface area contributed by atoms with Crippen molar-refractivity contribution >= 4 is 44.5 Å². The molecule has 5 heteroatoms. The van der Waals surface area contributed by atoms with Gasteiger partial charge in [-0.1, -0.05) is 22.4 Å². The lowest BCUT2D eigenvalue weighted by molar-refractivity contribution is 0.103. The van der Waals surface area contributed by atoms with Crippen LogP contribution in [0.2, 0.25) is 0 Å². The van der Waals surface area contributed by atoms with Crippen LogP contribution in [0.15, 0.2) is 28.7 Å². The second-order valence-corrected chi connectivity index (χ2v) is 7.36. The summed E-state index contributed by atoms with van der Waals surface area (Å²) in [5.41, 5.74) is 8.50. The number of nitrogens with two attached hydrogens (primary N) is 1. The number of nitrogen functional groups attached to an aromatic ring is 1. The summed E-state index contributed by atoms with van der Waals surface area (Å²) in [4.78, 5) is 14.5. The highest BCUT2D eigenvalue weighted by atomic mass is 79.9. The Morgan fingerprint density at radius 3 is 2.81 bits per heavy atom. The Morgan fingerprint density at radius 1 is 1.19 bits per heavy atom. The molecule has 3 rings (SSSR count). The number of hydrogen-bond acceptors (Lipinski definition) is 3. The van der Waals surface area contributed by atoms with Gasteiger partial charge in [0.1, 0.15) is 0 Å². The first-order valence-electron chi connectivity index (χ1n) is 7.11. The third-order valence-corrected chi connectivity index (χ3v) is 5.46. The van der Waals surface area contributed by atoms with E-state index in [2.05, 4.69) is 27.3 Å². The second kappa shape index (κ2) is 6.20. The number of amides is 1. The van der Waals surface area contributed by atoms with Crippen molar-refractivity contribution in [2.24, 2.45) is 0 Å². The Labute approximate surface area is 136 Å². The molecule has 1 aromatic carbocycles. The van der Waals surface area contributed by atoms with Crippen molar-refractivity contribution in [2.45, 2.75) is 32.1 Å². The third-order valence-electron chi connectivity index (χ3n) is 3.73. The molecule has 21 heavy (non-hydrogen) atoms. The van der Waals surface area contributed by atoms with Crippen LogP contribution in [0.3, 0.4) is 0 Å². The molecule has 1 amide bonds. The quantitative estimate of drug-likeness (QED) is 0.603. The van der Waals surface area contributed by atoms with Crippen molar-refractivity contribution in [3.05, 3.63) is 44.1 Å². The maximum atomic E-state index is 12.4. The van der Waals surface area contributed by atoms with Gasteiger partial charge in [-0.2, -0.15) is 0 Å². The molecule has 3 N–H and O–H groups in total. The predicted molar refractivity (Wildman–Crippen MR) is 92.1 cm³/mol. The van der Waals surface area contributed by atoms with Crippen LogP contribution in [0.1, 0.15) is 39.4 Å². The average molecular weight is 365 g/mol. The molecule has 2 aromatic rings. The van der Waals surface area contributed by atoms with Crippen LogP contribution in [0.4, 0.5) is 11.4 Å². The van der Waals surface area contributed by atoms with E-state index in [4.69, 9.17) is 5.73 Å². The van der Waals surface area contributed by atoms with Gasteiger partial charge in [-0.3, -0.25) is 4.79 Å². The van der Waals surface area contributed by atoms with Crippen molar-refractivity contribution < 1.29 is 4.79 Å². The van der Waals surface area contributed by atoms with E-state index in [9.17, 15) is 4.79 Å². The number of anilines is 2. The summed E-state index contributed by atoms with van der Waals surface area (Å²) in [6.07, 6.45) is 5.95. The van der Waals surface area contributed by atoms with E-state index in [0.717, 1.165) is 22.2 Å². The fourth-order valence-corrected chi connectivity index (χ4v) is 4.14. The van der Waals surface area contributed by atoms with Crippen molar-refractivity contribution in [2.75, 3.05) is 11.1 Å². The minimum atomic E-state index is -0.0675. The summed E-state index contributed by atoms with van der Waals surface area (Å²) in [7, 11) is 0. The number of halogens is 1. The Balaban J connectivity index is 1.79. The summed E-state index contributed by atoms with van der Waals surface area (Å²) in [5.74, 6) is -0.0675. The van der Waals surface area contributed by atoms with Gasteiger partial charge in [0, 0.05) is 9.35 Å². The molecule has 0 atom stereocenters. The molecule has 0 saturated heterocycles. The van der Waals surface area contributed by atoms with E-state index in [1.165, 1.54) is 29.7 Å². The van der Waals surface area contributed by atoms with Gasteiger partial charge in [0.05, 0.1) is 16.3 Å². The highest BCUT2D eigenvalue weighted by Gasteiger charge is 2.17. The number of thiophene rings is 1. The molecule has 0 aliphatic heterocycles. The molecule has 1 heterocycles. The van der Waals surface area contributed by atoms with E-state index in [1.54, 1.807) is 17.4 Å². The number of aryl methyl sites for hydroxylation is 2. The van der Waals surface area contributed by atoms with Gasteiger partial charge in [-0.15, -0.1) is 11.3 Å². The Bertz CT molecular complexity index is 657. The second-order valence-electron chi connectivity index (χ2n) is 5.31. The van der Waals surface area contributed by atoms with E-state index < -0.39 is 0 Å². The molecule has 0 unspecified atom stereocenters. The third kappa shape index (κ3) is 3.30. The van der Waals surface area contributed by atoms with Crippen molar-refractivity contribution in [3.63, 3.8) is 0 Å². The lowest BCUT2D eigenvalue weighted by Crippen LogP contribution is -2.11. The normalized spacial score (nSPS) is 14.3. The van der Waals surface area contributed by atoms with Crippen LogP contribution in [0.25, 0.3) is 0 Å². The first kappa shape index (κ1) is 14.6. The summed E-state index contributed by atoms with van der Waals surface area (Å²) >= 11 is 4.99. The predicted octanol–water partition coefficient (Wildman–Crippen LogP) is 4.61. The van der Waals surface area contributed by atoms with Gasteiger partial charge in [0.15, 0.2) is 0 Å². The molecular formula is C16H17BrN2OS. The van der Waals surface area contributed by atoms with Crippen LogP contribution in [0, 0.1) is 0 Å². The zero-order valence-electron chi connectivity index (χ0n) is 11.6. The Hall–Kier alpha value is -1.33. The number of nitrogens with one attached hydrogen (secondary N) is 1. The monoisotopic (exact) mass is 364 g/mol. The highest BCUT2D eigenvalue weighted by Crippen LogP contribution is 2.30. The smallest absolute Gasteiger partial charge is 0.265 e. The van der Waals surface area contributed by atoms with Gasteiger partial charge in [0.25, 0.3) is 5.91 Å². The molecule has 0 radical (unpaired) electrons. The van der Waals surface area contributed by atoms with Crippen LogP contribution in [-0.4, -0.2) is 5.91 Å². The SMILES string of the molecule is Nc1cc(Br)ccc1NC(=O)c1cc2c(s1)CCCCC2. The molecule has 0 fully saturated rings.